The van der Waals surface area contributed by atoms with Crippen molar-refractivity contribution >= 4 is 17.3 Å². The molecule has 1 fully saturated rings. The molecule has 26 heavy (non-hydrogen) atoms. The summed E-state index contributed by atoms with van der Waals surface area (Å²) in [7, 11) is 0. The predicted octanol–water partition coefficient (Wildman–Crippen LogP) is 2.53. The van der Waals surface area contributed by atoms with Crippen LogP contribution in [0.25, 0.3) is 5.52 Å². The summed E-state index contributed by atoms with van der Waals surface area (Å²) in [5.74, 6) is -0.0784. The molecule has 2 N–H and O–H groups in total. The lowest BCUT2D eigenvalue weighted by atomic mass is 9.65. The second-order valence-corrected chi connectivity index (χ2v) is 7.92. The molecule has 2 atom stereocenters. The van der Waals surface area contributed by atoms with Gasteiger partial charge in [0, 0.05) is 31.4 Å². The van der Waals surface area contributed by atoms with Gasteiger partial charge in [-0.15, -0.1) is 0 Å². The fourth-order valence-corrected chi connectivity index (χ4v) is 4.20. The van der Waals surface area contributed by atoms with Crippen molar-refractivity contribution in [1.82, 2.24) is 20.2 Å². The zero-order valence-electron chi connectivity index (χ0n) is 16.0. The van der Waals surface area contributed by atoms with Gasteiger partial charge in [0.1, 0.15) is 0 Å². The zero-order chi connectivity index (χ0) is 18.9. The number of carbonyl (C=O) groups is 2. The lowest BCUT2D eigenvalue weighted by Crippen LogP contribution is -2.49. The van der Waals surface area contributed by atoms with Gasteiger partial charge in [-0.05, 0) is 42.9 Å². The van der Waals surface area contributed by atoms with Gasteiger partial charge in [0.05, 0.1) is 10.9 Å². The van der Waals surface area contributed by atoms with Gasteiger partial charge in [0.2, 0.25) is 11.8 Å². The van der Waals surface area contributed by atoms with Crippen LogP contribution in [-0.4, -0.2) is 28.0 Å². The van der Waals surface area contributed by atoms with Crippen LogP contribution in [0.1, 0.15) is 46.1 Å². The van der Waals surface area contributed by atoms with Crippen molar-refractivity contribution in [3.05, 3.63) is 36.2 Å². The van der Waals surface area contributed by atoms with Gasteiger partial charge in [-0.1, -0.05) is 26.8 Å². The maximum atomic E-state index is 13.1. The van der Waals surface area contributed by atoms with E-state index in [2.05, 4.69) is 15.7 Å². The molecule has 2 heterocycles. The quantitative estimate of drug-likeness (QED) is 0.864. The average Bonchev–Trinajstić information content (AvgIpc) is 3.16. The van der Waals surface area contributed by atoms with E-state index >= 15 is 0 Å². The minimum atomic E-state index is -0.575. The Morgan fingerprint density at radius 3 is 2.77 bits per heavy atom. The van der Waals surface area contributed by atoms with Crippen molar-refractivity contribution in [3.8, 4) is 0 Å². The van der Waals surface area contributed by atoms with Gasteiger partial charge in [0.25, 0.3) is 0 Å². The monoisotopic (exact) mass is 356 g/mol. The molecule has 3 rings (SSSR count). The molecule has 2 aromatic heterocycles. The summed E-state index contributed by atoms with van der Waals surface area (Å²) in [5.41, 5.74) is 1.04. The number of rotatable bonds is 5. The number of nitrogens with zero attached hydrogens (tertiary/aromatic N) is 2. The lowest BCUT2D eigenvalue weighted by Gasteiger charge is -2.39. The van der Waals surface area contributed by atoms with Gasteiger partial charge in [-0.2, -0.15) is 5.10 Å². The summed E-state index contributed by atoms with van der Waals surface area (Å²) in [4.78, 5) is 25.5. The number of fused-ring (bicyclic) bond motifs is 1. The lowest BCUT2D eigenvalue weighted by molar-refractivity contribution is -0.139. The third kappa shape index (κ3) is 2.87. The van der Waals surface area contributed by atoms with E-state index < -0.39 is 10.8 Å². The third-order valence-corrected chi connectivity index (χ3v) is 6.36. The minimum Gasteiger partial charge on any atom is -0.356 e. The first kappa shape index (κ1) is 18.4. The summed E-state index contributed by atoms with van der Waals surface area (Å²) in [6.45, 7) is 9.05. The van der Waals surface area contributed by atoms with E-state index in [0.717, 1.165) is 17.5 Å². The van der Waals surface area contributed by atoms with E-state index in [9.17, 15) is 9.59 Å². The Kier molecular flexibility index (Phi) is 4.78. The smallest absolute Gasteiger partial charge is 0.226 e. The molecule has 2 aromatic rings. The maximum Gasteiger partial charge on any atom is 0.226 e. The minimum absolute atomic E-state index is 0.0100. The Balaban J connectivity index is 1.75. The molecule has 6 heteroatoms. The fourth-order valence-electron chi connectivity index (χ4n) is 4.20. The molecule has 0 unspecified atom stereocenters. The van der Waals surface area contributed by atoms with E-state index in [0.29, 0.717) is 19.5 Å². The number of aromatic nitrogens is 2. The summed E-state index contributed by atoms with van der Waals surface area (Å²) in [5, 5.41) is 10.2. The molecule has 140 valence electrons. The number of amides is 2. The molecular weight excluding hydrogens is 328 g/mol. The number of hydrogen-bond donors (Lipinski definition) is 2. The number of carbonyl (C=O) groups excluding carboxylic acids is 2. The highest BCUT2D eigenvalue weighted by Gasteiger charge is 2.57. The highest BCUT2D eigenvalue weighted by atomic mass is 16.2. The Morgan fingerprint density at radius 2 is 2.04 bits per heavy atom. The summed E-state index contributed by atoms with van der Waals surface area (Å²) >= 11 is 0. The normalized spacial score (nSPS) is 24.5. The average molecular weight is 356 g/mol. The second kappa shape index (κ2) is 6.74. The molecule has 0 bridgehead atoms. The highest BCUT2D eigenvalue weighted by molar-refractivity contribution is 5.87. The van der Waals surface area contributed by atoms with Crippen LogP contribution in [0.5, 0.6) is 0 Å². The first-order valence-corrected chi connectivity index (χ1v) is 9.28. The van der Waals surface area contributed by atoms with Crippen molar-refractivity contribution in [3.63, 3.8) is 0 Å². The molecule has 0 spiro atoms. The van der Waals surface area contributed by atoms with Gasteiger partial charge >= 0.3 is 0 Å². The molecule has 0 radical (unpaired) electrons. The van der Waals surface area contributed by atoms with Crippen LogP contribution in [0, 0.1) is 16.7 Å². The Hall–Kier alpha value is -2.37. The highest BCUT2D eigenvalue weighted by Crippen LogP contribution is 2.56. The van der Waals surface area contributed by atoms with Gasteiger partial charge < -0.3 is 10.6 Å². The van der Waals surface area contributed by atoms with Crippen molar-refractivity contribution in [2.45, 2.75) is 47.1 Å². The van der Waals surface area contributed by atoms with Crippen LogP contribution in [0.2, 0.25) is 0 Å². The van der Waals surface area contributed by atoms with Gasteiger partial charge in [-0.25, -0.2) is 4.52 Å². The molecule has 1 saturated carbocycles. The van der Waals surface area contributed by atoms with E-state index in [1.807, 2.05) is 52.1 Å². The summed E-state index contributed by atoms with van der Waals surface area (Å²) < 4.78 is 1.80. The first-order valence-electron chi connectivity index (χ1n) is 9.28. The van der Waals surface area contributed by atoms with Gasteiger partial charge in [-0.3, -0.25) is 9.59 Å². The largest absolute Gasteiger partial charge is 0.356 e. The predicted molar refractivity (Wildman–Crippen MR) is 100 cm³/mol. The van der Waals surface area contributed by atoms with Crippen LogP contribution < -0.4 is 10.6 Å². The SMILES string of the molecule is CCNC(=O)[C@H]1CC[C@@](C)(C(=O)NCc2cccn3nccc23)C1(C)C. The molecule has 1 aliphatic carbocycles. The molecular formula is C20H28N4O2. The van der Waals surface area contributed by atoms with Crippen LogP contribution >= 0.6 is 0 Å². The van der Waals surface area contributed by atoms with Gasteiger partial charge in [0.15, 0.2) is 0 Å². The Bertz CT molecular complexity index is 826. The van der Waals surface area contributed by atoms with Crippen LogP contribution in [0.3, 0.4) is 0 Å². The van der Waals surface area contributed by atoms with E-state index in [1.54, 1.807) is 10.7 Å². The third-order valence-electron chi connectivity index (χ3n) is 6.36. The molecule has 6 nitrogen and oxygen atoms in total. The number of nitrogens with one attached hydrogen (secondary N) is 2. The Morgan fingerprint density at radius 1 is 1.27 bits per heavy atom. The van der Waals surface area contributed by atoms with E-state index in [-0.39, 0.29) is 17.7 Å². The fraction of sp³-hybridized carbons (Fsp3) is 0.550. The maximum absolute atomic E-state index is 13.1. The summed E-state index contributed by atoms with van der Waals surface area (Å²) in [6.07, 6.45) is 5.09. The topological polar surface area (TPSA) is 75.5 Å². The molecule has 1 aliphatic rings. The second-order valence-electron chi connectivity index (χ2n) is 7.92. The number of pyridine rings is 1. The van der Waals surface area contributed by atoms with E-state index in [1.165, 1.54) is 0 Å². The van der Waals surface area contributed by atoms with Crippen molar-refractivity contribution in [2.24, 2.45) is 16.7 Å². The van der Waals surface area contributed by atoms with Crippen molar-refractivity contribution in [2.75, 3.05) is 6.54 Å². The van der Waals surface area contributed by atoms with Crippen molar-refractivity contribution < 1.29 is 9.59 Å². The molecule has 2 amide bonds. The van der Waals surface area contributed by atoms with Crippen LogP contribution in [-0.2, 0) is 16.1 Å². The van der Waals surface area contributed by atoms with E-state index in [4.69, 9.17) is 0 Å². The van der Waals surface area contributed by atoms with Crippen molar-refractivity contribution in [1.29, 1.82) is 0 Å². The summed E-state index contributed by atoms with van der Waals surface area (Å²) in [6, 6.07) is 5.86. The number of hydrogen-bond acceptors (Lipinski definition) is 3. The zero-order valence-corrected chi connectivity index (χ0v) is 16.0. The van der Waals surface area contributed by atoms with Crippen LogP contribution in [0.4, 0.5) is 0 Å². The molecule has 0 aliphatic heterocycles. The van der Waals surface area contributed by atoms with Crippen LogP contribution in [0.15, 0.2) is 30.6 Å². The Labute approximate surface area is 154 Å². The molecule has 0 saturated heterocycles. The molecule has 0 aromatic carbocycles. The first-order chi connectivity index (χ1) is 12.3. The standard InChI is InChI=1S/C20H28N4O2/c1-5-21-17(25)15-8-10-20(4,19(15,2)3)18(26)22-13-14-7-6-12-24-16(14)9-11-23-24/h6-7,9,11-12,15H,5,8,10,13H2,1-4H3,(H,21,25)(H,22,26)/t15-,20+/m1/s1.